The van der Waals surface area contributed by atoms with E-state index in [9.17, 15) is 13.2 Å². The van der Waals surface area contributed by atoms with Crippen LogP contribution in [-0.2, 0) is 14.9 Å². The summed E-state index contributed by atoms with van der Waals surface area (Å²) in [6.07, 6.45) is 0. The molecule has 0 saturated heterocycles. The average Bonchev–Trinajstić information content (AvgIpc) is 2.50. The third-order valence-corrected chi connectivity index (χ3v) is 4.76. The molecule has 0 bridgehead atoms. The Labute approximate surface area is 135 Å². The van der Waals surface area contributed by atoms with Crippen molar-refractivity contribution in [2.45, 2.75) is 18.7 Å². The average molecular weight is 334 g/mol. The van der Waals surface area contributed by atoms with Crippen LogP contribution in [0.25, 0.3) is 0 Å². The van der Waals surface area contributed by atoms with Gasteiger partial charge < -0.3 is 0 Å². The zero-order chi connectivity index (χ0) is 17.0. The Morgan fingerprint density at radius 3 is 2.22 bits per heavy atom. The molecule has 0 spiro atoms. The second-order valence-electron chi connectivity index (χ2n) is 5.06. The minimum atomic E-state index is -3.67. The summed E-state index contributed by atoms with van der Waals surface area (Å²) >= 11 is 0. The van der Waals surface area contributed by atoms with Crippen molar-refractivity contribution in [3.8, 4) is 0 Å². The second kappa shape index (κ2) is 6.80. The molecule has 7 heteroatoms. The zero-order valence-electron chi connectivity index (χ0n) is 13.1. The molecule has 23 heavy (non-hydrogen) atoms. The summed E-state index contributed by atoms with van der Waals surface area (Å²) < 4.78 is 27.2. The number of amides is 1. The smallest absolute Gasteiger partial charge is 0.274 e. The minimum Gasteiger partial charge on any atom is -0.280 e. The van der Waals surface area contributed by atoms with Crippen molar-refractivity contribution in [2.24, 2.45) is 0 Å². The molecule has 0 unspecified atom stereocenters. The van der Waals surface area contributed by atoms with E-state index in [1.807, 2.05) is 13.8 Å². The van der Waals surface area contributed by atoms with Gasteiger partial charge >= 0.3 is 0 Å². The molecule has 2 rings (SSSR count). The molecule has 2 aromatic carbocycles. The quantitative estimate of drug-likeness (QED) is 0.822. The molecule has 1 amide bonds. The summed E-state index contributed by atoms with van der Waals surface area (Å²) in [5, 5.41) is 0. The van der Waals surface area contributed by atoms with Gasteiger partial charge in [-0.15, -0.1) is 0 Å². The number of hydroxylamine groups is 1. The normalized spacial score (nSPS) is 11.1. The van der Waals surface area contributed by atoms with E-state index >= 15 is 0 Å². The maximum absolute atomic E-state index is 12.4. The number of aryl methyl sites for hydroxylation is 2. The molecule has 0 atom stereocenters. The van der Waals surface area contributed by atoms with Gasteiger partial charge in [-0.05, 0) is 61.4 Å². The highest BCUT2D eigenvalue weighted by Crippen LogP contribution is 2.19. The van der Waals surface area contributed by atoms with E-state index in [1.165, 1.54) is 31.4 Å². The molecule has 0 aliphatic rings. The van der Waals surface area contributed by atoms with Gasteiger partial charge in [0.05, 0.1) is 12.0 Å². The summed E-state index contributed by atoms with van der Waals surface area (Å²) in [4.78, 5) is 16.3. The van der Waals surface area contributed by atoms with Crippen LogP contribution in [0.4, 0.5) is 5.69 Å². The molecule has 0 radical (unpaired) electrons. The monoisotopic (exact) mass is 334 g/mol. The van der Waals surface area contributed by atoms with Crippen molar-refractivity contribution in [2.75, 3.05) is 11.8 Å². The molecule has 122 valence electrons. The lowest BCUT2D eigenvalue weighted by Crippen LogP contribution is -2.21. The van der Waals surface area contributed by atoms with Crippen LogP contribution in [0, 0.1) is 13.8 Å². The van der Waals surface area contributed by atoms with Gasteiger partial charge in [0.15, 0.2) is 0 Å². The van der Waals surface area contributed by atoms with Crippen LogP contribution in [0.1, 0.15) is 21.5 Å². The van der Waals surface area contributed by atoms with Gasteiger partial charge in [0, 0.05) is 11.3 Å². The topological polar surface area (TPSA) is 84.5 Å². The highest BCUT2D eigenvalue weighted by atomic mass is 32.2. The Kier molecular flexibility index (Phi) is 5.02. The maximum atomic E-state index is 12.4. The van der Waals surface area contributed by atoms with Gasteiger partial charge in [-0.3, -0.25) is 14.4 Å². The number of nitrogens with one attached hydrogen (secondary N) is 2. The van der Waals surface area contributed by atoms with E-state index in [4.69, 9.17) is 0 Å². The summed E-state index contributed by atoms with van der Waals surface area (Å²) in [6, 6.07) is 11.0. The molecular weight excluding hydrogens is 316 g/mol. The molecule has 0 heterocycles. The first-order valence-electron chi connectivity index (χ1n) is 6.87. The highest BCUT2D eigenvalue weighted by Gasteiger charge is 2.15. The predicted molar refractivity (Wildman–Crippen MR) is 87.6 cm³/mol. The lowest BCUT2D eigenvalue weighted by molar-refractivity contribution is 0.0537. The Morgan fingerprint density at radius 1 is 1.00 bits per heavy atom. The van der Waals surface area contributed by atoms with Gasteiger partial charge in [0.2, 0.25) is 0 Å². The summed E-state index contributed by atoms with van der Waals surface area (Å²) in [5.41, 5.74) is 4.85. The van der Waals surface area contributed by atoms with E-state index in [2.05, 4.69) is 15.0 Å². The summed E-state index contributed by atoms with van der Waals surface area (Å²) in [5.74, 6) is -0.406. The fraction of sp³-hybridized carbons (Fsp3) is 0.188. The van der Waals surface area contributed by atoms with Crippen LogP contribution in [0.2, 0.25) is 0 Å². The minimum absolute atomic E-state index is 0.196. The standard InChI is InChI=1S/C16H18N2O4S/c1-11-4-9-15(10-12(11)2)23(20,21)18-14-7-5-13(6-8-14)16(19)17-22-3/h4-10,18H,1-3H3,(H,17,19). The second-order valence-corrected chi connectivity index (χ2v) is 6.75. The van der Waals surface area contributed by atoms with Crippen molar-refractivity contribution < 1.29 is 18.0 Å². The first kappa shape index (κ1) is 17.0. The van der Waals surface area contributed by atoms with Crippen molar-refractivity contribution in [1.82, 2.24) is 5.48 Å². The van der Waals surface area contributed by atoms with E-state index in [0.29, 0.717) is 11.3 Å². The zero-order valence-corrected chi connectivity index (χ0v) is 13.9. The molecule has 6 nitrogen and oxygen atoms in total. The summed E-state index contributed by atoms with van der Waals surface area (Å²) in [7, 11) is -2.33. The SMILES string of the molecule is CONC(=O)c1ccc(NS(=O)(=O)c2ccc(C)c(C)c2)cc1. The third-order valence-electron chi connectivity index (χ3n) is 3.38. The number of carbonyl (C=O) groups is 1. The Bertz CT molecular complexity index is 814. The van der Waals surface area contributed by atoms with Crippen LogP contribution in [0.5, 0.6) is 0 Å². The molecular formula is C16H18N2O4S. The maximum Gasteiger partial charge on any atom is 0.274 e. The number of carbonyl (C=O) groups excluding carboxylic acids is 1. The van der Waals surface area contributed by atoms with Gasteiger partial charge in [0.25, 0.3) is 15.9 Å². The van der Waals surface area contributed by atoms with E-state index in [-0.39, 0.29) is 4.90 Å². The number of anilines is 1. The van der Waals surface area contributed by atoms with Gasteiger partial charge in [-0.2, -0.15) is 0 Å². The first-order chi connectivity index (χ1) is 10.8. The van der Waals surface area contributed by atoms with E-state index in [1.54, 1.807) is 18.2 Å². The predicted octanol–water partition coefficient (Wildman–Crippen LogP) is 2.40. The fourth-order valence-electron chi connectivity index (χ4n) is 1.94. The molecule has 0 aromatic heterocycles. The van der Waals surface area contributed by atoms with Crippen LogP contribution in [0.15, 0.2) is 47.4 Å². The lowest BCUT2D eigenvalue weighted by Gasteiger charge is -2.10. The van der Waals surface area contributed by atoms with E-state index in [0.717, 1.165) is 11.1 Å². The number of hydrogen-bond acceptors (Lipinski definition) is 4. The van der Waals surface area contributed by atoms with E-state index < -0.39 is 15.9 Å². The molecule has 2 N–H and O–H groups in total. The van der Waals surface area contributed by atoms with Crippen LogP contribution < -0.4 is 10.2 Å². The highest BCUT2D eigenvalue weighted by molar-refractivity contribution is 7.92. The molecule has 2 aromatic rings. The van der Waals surface area contributed by atoms with Crippen molar-refractivity contribution in [3.05, 3.63) is 59.2 Å². The number of benzene rings is 2. The summed E-state index contributed by atoms with van der Waals surface area (Å²) in [6.45, 7) is 3.78. The Balaban J connectivity index is 2.20. The van der Waals surface area contributed by atoms with Crippen molar-refractivity contribution in [1.29, 1.82) is 0 Å². The van der Waals surface area contributed by atoms with Crippen LogP contribution in [-0.4, -0.2) is 21.4 Å². The number of hydrogen-bond donors (Lipinski definition) is 2. The van der Waals surface area contributed by atoms with Crippen molar-refractivity contribution in [3.63, 3.8) is 0 Å². The number of sulfonamides is 1. The molecule has 0 fully saturated rings. The molecule has 0 aliphatic carbocycles. The fourth-order valence-corrected chi connectivity index (χ4v) is 3.08. The van der Waals surface area contributed by atoms with Crippen LogP contribution in [0.3, 0.4) is 0 Å². The van der Waals surface area contributed by atoms with Crippen LogP contribution >= 0.6 is 0 Å². The lowest BCUT2D eigenvalue weighted by atomic mass is 10.1. The third kappa shape index (κ3) is 4.08. The Morgan fingerprint density at radius 2 is 1.65 bits per heavy atom. The van der Waals surface area contributed by atoms with Crippen molar-refractivity contribution >= 4 is 21.6 Å². The largest absolute Gasteiger partial charge is 0.280 e. The van der Waals surface area contributed by atoms with Gasteiger partial charge in [-0.25, -0.2) is 13.9 Å². The first-order valence-corrected chi connectivity index (χ1v) is 8.35. The van der Waals surface area contributed by atoms with Gasteiger partial charge in [0.1, 0.15) is 0 Å². The number of rotatable bonds is 5. The Hall–Kier alpha value is -2.38. The van der Waals surface area contributed by atoms with Gasteiger partial charge in [-0.1, -0.05) is 6.07 Å². The molecule has 0 saturated carbocycles. The molecule has 0 aliphatic heterocycles.